The molecule has 0 N–H and O–H groups in total. The Labute approximate surface area is 121 Å². The zero-order valence-corrected chi connectivity index (χ0v) is 12.3. The lowest BCUT2D eigenvalue weighted by Crippen LogP contribution is -1.87. The molecule has 96 valence electrons. The number of rotatable bonds is 4. The van der Waals surface area contributed by atoms with Gasteiger partial charge in [-0.05, 0) is 42.3 Å². The number of benzene rings is 2. The topological polar surface area (TPSA) is 33.0 Å². The Morgan fingerprint density at radius 1 is 1.11 bits per heavy atom. The van der Waals surface area contributed by atoms with Gasteiger partial charge in [0.25, 0.3) is 0 Å². The first-order chi connectivity index (χ1) is 9.21. The molecule has 0 bridgehead atoms. The van der Waals surface area contributed by atoms with Crippen LogP contribution in [0.3, 0.4) is 0 Å². The number of halogens is 1. The number of hydrogen-bond acceptors (Lipinski definition) is 2. The molecule has 0 amide bonds. The van der Waals surface area contributed by atoms with Crippen molar-refractivity contribution in [3.63, 3.8) is 0 Å². The van der Waals surface area contributed by atoms with Gasteiger partial charge in [0.1, 0.15) is 11.5 Å². The van der Waals surface area contributed by atoms with Gasteiger partial charge in [-0.2, -0.15) is 5.26 Å². The van der Waals surface area contributed by atoms with E-state index in [9.17, 15) is 0 Å². The van der Waals surface area contributed by atoms with Gasteiger partial charge in [0.05, 0.1) is 11.6 Å². The van der Waals surface area contributed by atoms with Crippen molar-refractivity contribution in [3.8, 4) is 17.6 Å². The van der Waals surface area contributed by atoms with Crippen LogP contribution in [-0.2, 0) is 6.42 Å². The monoisotopic (exact) mass is 315 g/mol. The lowest BCUT2D eigenvalue weighted by Gasteiger charge is -2.07. The molecule has 0 aromatic heterocycles. The summed E-state index contributed by atoms with van der Waals surface area (Å²) >= 11 is 3.37. The number of aryl methyl sites for hydroxylation is 1. The zero-order chi connectivity index (χ0) is 13.7. The van der Waals surface area contributed by atoms with E-state index in [2.05, 4.69) is 41.1 Å². The summed E-state index contributed by atoms with van der Waals surface area (Å²) in [6, 6.07) is 15.5. The lowest BCUT2D eigenvalue weighted by atomic mass is 10.1. The summed E-state index contributed by atoms with van der Waals surface area (Å²) in [6.07, 6.45) is 2.22. The summed E-state index contributed by atoms with van der Waals surface area (Å²) in [6.45, 7) is 2.16. The molecule has 0 spiro atoms. The van der Waals surface area contributed by atoms with Gasteiger partial charge in [-0.1, -0.05) is 41.4 Å². The van der Waals surface area contributed by atoms with Gasteiger partial charge >= 0.3 is 0 Å². The third-order valence-electron chi connectivity index (χ3n) is 2.70. The first-order valence-electron chi connectivity index (χ1n) is 6.18. The Kier molecular flexibility index (Phi) is 4.59. The van der Waals surface area contributed by atoms with Crippen LogP contribution in [0.15, 0.2) is 46.9 Å². The molecule has 0 saturated carbocycles. The Morgan fingerprint density at radius 2 is 1.84 bits per heavy atom. The fraction of sp³-hybridized carbons (Fsp3) is 0.188. The SMILES string of the molecule is CCCc1ccc(Oc2cc(Br)cc(C#N)c2)cc1. The molecule has 0 aliphatic rings. The Hall–Kier alpha value is -1.79. The highest BCUT2D eigenvalue weighted by Gasteiger charge is 2.02. The smallest absolute Gasteiger partial charge is 0.129 e. The molecule has 0 atom stereocenters. The Balaban J connectivity index is 2.17. The van der Waals surface area contributed by atoms with Crippen molar-refractivity contribution in [1.82, 2.24) is 0 Å². The van der Waals surface area contributed by atoms with E-state index >= 15 is 0 Å². The molecule has 0 aliphatic heterocycles. The minimum absolute atomic E-state index is 0.576. The quantitative estimate of drug-likeness (QED) is 0.789. The molecular formula is C16H14BrNO. The normalized spacial score (nSPS) is 9.95. The molecule has 0 saturated heterocycles. The number of nitriles is 1. The van der Waals surface area contributed by atoms with E-state index in [0.717, 1.165) is 23.1 Å². The van der Waals surface area contributed by atoms with Crippen LogP contribution in [0.4, 0.5) is 0 Å². The maximum Gasteiger partial charge on any atom is 0.129 e. The van der Waals surface area contributed by atoms with Crippen LogP contribution in [-0.4, -0.2) is 0 Å². The third-order valence-corrected chi connectivity index (χ3v) is 3.16. The molecule has 19 heavy (non-hydrogen) atoms. The second-order valence-corrected chi connectivity index (χ2v) is 5.20. The van der Waals surface area contributed by atoms with Crippen LogP contribution >= 0.6 is 15.9 Å². The highest BCUT2D eigenvalue weighted by atomic mass is 79.9. The van der Waals surface area contributed by atoms with Crippen LogP contribution in [0.5, 0.6) is 11.5 Å². The molecule has 3 heteroatoms. The minimum Gasteiger partial charge on any atom is -0.457 e. The summed E-state index contributed by atoms with van der Waals surface area (Å²) in [7, 11) is 0. The number of hydrogen-bond donors (Lipinski definition) is 0. The zero-order valence-electron chi connectivity index (χ0n) is 10.7. The summed E-state index contributed by atoms with van der Waals surface area (Å²) in [5, 5.41) is 8.92. The standard InChI is InChI=1S/C16H14BrNO/c1-2-3-12-4-6-15(7-5-12)19-16-9-13(11-18)8-14(17)10-16/h4-10H,2-3H2,1H3. The van der Waals surface area contributed by atoms with Crippen LogP contribution in [0, 0.1) is 11.3 Å². The van der Waals surface area contributed by atoms with Gasteiger partial charge < -0.3 is 4.74 Å². The maximum absolute atomic E-state index is 8.92. The predicted octanol–water partition coefficient (Wildman–Crippen LogP) is 5.07. The van der Waals surface area contributed by atoms with E-state index in [1.165, 1.54) is 5.56 Å². The molecule has 0 radical (unpaired) electrons. The van der Waals surface area contributed by atoms with E-state index in [1.807, 2.05) is 18.2 Å². The Morgan fingerprint density at radius 3 is 2.47 bits per heavy atom. The molecule has 2 nitrogen and oxygen atoms in total. The molecular weight excluding hydrogens is 302 g/mol. The van der Waals surface area contributed by atoms with Crippen LogP contribution in [0.1, 0.15) is 24.5 Å². The van der Waals surface area contributed by atoms with Crippen molar-refractivity contribution in [2.24, 2.45) is 0 Å². The Bertz CT molecular complexity index is 599. The van der Waals surface area contributed by atoms with Crippen molar-refractivity contribution >= 4 is 15.9 Å². The van der Waals surface area contributed by atoms with Crippen molar-refractivity contribution < 1.29 is 4.74 Å². The summed E-state index contributed by atoms with van der Waals surface area (Å²) in [5.74, 6) is 1.44. The second kappa shape index (κ2) is 6.40. The van der Waals surface area contributed by atoms with E-state index in [0.29, 0.717) is 11.3 Å². The van der Waals surface area contributed by atoms with Crippen molar-refractivity contribution in [2.75, 3.05) is 0 Å². The average molecular weight is 316 g/mol. The summed E-state index contributed by atoms with van der Waals surface area (Å²) in [5.41, 5.74) is 1.88. The van der Waals surface area contributed by atoms with Crippen LogP contribution in [0.2, 0.25) is 0 Å². The molecule has 2 aromatic carbocycles. The van der Waals surface area contributed by atoms with Crippen molar-refractivity contribution in [2.45, 2.75) is 19.8 Å². The van der Waals surface area contributed by atoms with Gasteiger partial charge in [0, 0.05) is 4.47 Å². The molecule has 0 heterocycles. The van der Waals surface area contributed by atoms with Gasteiger partial charge in [0.2, 0.25) is 0 Å². The molecule has 2 aromatic rings. The fourth-order valence-electron chi connectivity index (χ4n) is 1.84. The largest absolute Gasteiger partial charge is 0.457 e. The maximum atomic E-state index is 8.92. The lowest BCUT2D eigenvalue weighted by molar-refractivity contribution is 0.482. The van der Waals surface area contributed by atoms with Gasteiger partial charge in [-0.3, -0.25) is 0 Å². The van der Waals surface area contributed by atoms with E-state index < -0.39 is 0 Å². The summed E-state index contributed by atoms with van der Waals surface area (Å²) < 4.78 is 6.59. The van der Waals surface area contributed by atoms with Gasteiger partial charge in [0.15, 0.2) is 0 Å². The first-order valence-corrected chi connectivity index (χ1v) is 6.98. The second-order valence-electron chi connectivity index (χ2n) is 4.28. The summed E-state index contributed by atoms with van der Waals surface area (Å²) in [4.78, 5) is 0. The third kappa shape index (κ3) is 3.84. The van der Waals surface area contributed by atoms with Crippen molar-refractivity contribution in [3.05, 3.63) is 58.1 Å². The number of nitrogens with zero attached hydrogens (tertiary/aromatic N) is 1. The fourth-order valence-corrected chi connectivity index (χ4v) is 2.31. The molecule has 2 rings (SSSR count). The average Bonchev–Trinajstić information content (AvgIpc) is 2.40. The van der Waals surface area contributed by atoms with E-state index in [-0.39, 0.29) is 0 Å². The molecule has 0 unspecified atom stereocenters. The number of ether oxygens (including phenoxy) is 1. The highest BCUT2D eigenvalue weighted by Crippen LogP contribution is 2.26. The molecule has 0 aliphatic carbocycles. The van der Waals surface area contributed by atoms with E-state index in [4.69, 9.17) is 10.00 Å². The highest BCUT2D eigenvalue weighted by molar-refractivity contribution is 9.10. The van der Waals surface area contributed by atoms with E-state index in [1.54, 1.807) is 12.1 Å². The first kappa shape index (κ1) is 13.6. The predicted molar refractivity (Wildman–Crippen MR) is 79.4 cm³/mol. The van der Waals surface area contributed by atoms with Gasteiger partial charge in [-0.15, -0.1) is 0 Å². The minimum atomic E-state index is 0.576. The van der Waals surface area contributed by atoms with Gasteiger partial charge in [-0.25, -0.2) is 0 Å². The van der Waals surface area contributed by atoms with Crippen LogP contribution < -0.4 is 4.74 Å². The van der Waals surface area contributed by atoms with Crippen LogP contribution in [0.25, 0.3) is 0 Å². The molecule has 0 fully saturated rings. The van der Waals surface area contributed by atoms with Crippen molar-refractivity contribution in [1.29, 1.82) is 5.26 Å².